The van der Waals surface area contributed by atoms with E-state index in [4.69, 9.17) is 4.74 Å². The van der Waals surface area contributed by atoms with Crippen LogP contribution in [0.5, 0.6) is 0 Å². The summed E-state index contributed by atoms with van der Waals surface area (Å²) in [6.45, 7) is 10.2. The average molecular weight is 228 g/mol. The maximum Gasteiger partial charge on any atom is 0.311 e. The first-order chi connectivity index (χ1) is 7.22. The van der Waals surface area contributed by atoms with Crippen LogP contribution in [0.1, 0.15) is 47.5 Å². The van der Waals surface area contributed by atoms with Crippen LogP contribution in [0, 0.1) is 17.3 Å². The molecule has 1 aliphatic rings. The van der Waals surface area contributed by atoms with Crippen molar-refractivity contribution in [3.8, 4) is 0 Å². The predicted octanol–water partition coefficient (Wildman–Crippen LogP) is 2.37. The maximum atomic E-state index is 11.5. The third-order valence-electron chi connectivity index (χ3n) is 3.46. The van der Waals surface area contributed by atoms with E-state index in [0.717, 1.165) is 12.8 Å². The van der Waals surface area contributed by atoms with Gasteiger partial charge in [-0.15, -0.1) is 0 Å². The lowest BCUT2D eigenvalue weighted by molar-refractivity contribution is -0.178. The van der Waals surface area contributed by atoms with Crippen molar-refractivity contribution in [1.82, 2.24) is 0 Å². The Morgan fingerprint density at radius 1 is 1.31 bits per heavy atom. The van der Waals surface area contributed by atoms with E-state index in [0.29, 0.717) is 0 Å². The number of carbonyl (C=O) groups excluding carboxylic acids is 1. The van der Waals surface area contributed by atoms with Crippen molar-refractivity contribution < 1.29 is 14.6 Å². The van der Waals surface area contributed by atoms with Gasteiger partial charge in [0.1, 0.15) is 6.10 Å². The zero-order valence-corrected chi connectivity index (χ0v) is 11.0. The summed E-state index contributed by atoms with van der Waals surface area (Å²) in [6, 6.07) is 0. The summed E-state index contributed by atoms with van der Waals surface area (Å²) in [4.78, 5) is 11.5. The van der Waals surface area contributed by atoms with E-state index in [9.17, 15) is 9.90 Å². The zero-order chi connectivity index (χ0) is 12.5. The molecule has 1 fully saturated rings. The van der Waals surface area contributed by atoms with Gasteiger partial charge in [0.25, 0.3) is 0 Å². The number of carbonyl (C=O) groups is 1. The molecule has 0 saturated carbocycles. The molecule has 1 aliphatic heterocycles. The Morgan fingerprint density at radius 3 is 2.38 bits per heavy atom. The first kappa shape index (κ1) is 13.5. The quantitative estimate of drug-likeness (QED) is 0.738. The Bertz CT molecular complexity index is 254. The van der Waals surface area contributed by atoms with Crippen LogP contribution in [0.25, 0.3) is 0 Å². The molecule has 0 bridgehead atoms. The SMILES string of the molecule is CC1C(O)[C@@H](C)C(=O)O[C@H]1CCC(C)(C)C. The van der Waals surface area contributed by atoms with Gasteiger partial charge >= 0.3 is 5.97 Å². The maximum absolute atomic E-state index is 11.5. The molecule has 0 aliphatic carbocycles. The number of cyclic esters (lactones) is 1. The van der Waals surface area contributed by atoms with E-state index in [-0.39, 0.29) is 29.3 Å². The second-order valence-electron chi connectivity index (χ2n) is 6.21. The standard InChI is InChI=1S/C13H24O3/c1-8-10(6-7-13(3,4)5)16-12(15)9(2)11(8)14/h8-11,14H,6-7H2,1-5H3/t8?,9-,10+,11?/m1/s1. The van der Waals surface area contributed by atoms with Gasteiger partial charge in [0, 0.05) is 5.92 Å². The second-order valence-corrected chi connectivity index (χ2v) is 6.21. The number of ether oxygens (including phenoxy) is 1. The van der Waals surface area contributed by atoms with Crippen LogP contribution in [-0.4, -0.2) is 23.3 Å². The van der Waals surface area contributed by atoms with Crippen molar-refractivity contribution in [1.29, 1.82) is 0 Å². The lowest BCUT2D eigenvalue weighted by Gasteiger charge is -2.37. The van der Waals surface area contributed by atoms with E-state index in [1.54, 1.807) is 6.92 Å². The summed E-state index contributed by atoms with van der Waals surface area (Å²) in [5, 5.41) is 9.92. The van der Waals surface area contributed by atoms with Crippen LogP contribution in [-0.2, 0) is 9.53 Å². The van der Waals surface area contributed by atoms with Crippen LogP contribution < -0.4 is 0 Å². The van der Waals surface area contributed by atoms with Gasteiger partial charge in [-0.05, 0) is 25.2 Å². The van der Waals surface area contributed by atoms with Gasteiger partial charge in [0.2, 0.25) is 0 Å². The number of hydrogen-bond donors (Lipinski definition) is 1. The highest BCUT2D eigenvalue weighted by Crippen LogP contribution is 2.31. The molecule has 16 heavy (non-hydrogen) atoms. The highest BCUT2D eigenvalue weighted by Gasteiger charge is 2.40. The summed E-state index contributed by atoms with van der Waals surface area (Å²) >= 11 is 0. The van der Waals surface area contributed by atoms with Crippen molar-refractivity contribution in [2.45, 2.75) is 59.7 Å². The third kappa shape index (κ3) is 3.21. The molecule has 1 heterocycles. The molecule has 3 heteroatoms. The lowest BCUT2D eigenvalue weighted by Crippen LogP contribution is -2.46. The van der Waals surface area contributed by atoms with Crippen molar-refractivity contribution in [3.05, 3.63) is 0 Å². The first-order valence-electron chi connectivity index (χ1n) is 6.11. The van der Waals surface area contributed by atoms with E-state index in [1.807, 2.05) is 6.92 Å². The highest BCUT2D eigenvalue weighted by atomic mass is 16.5. The smallest absolute Gasteiger partial charge is 0.311 e. The molecule has 0 amide bonds. The Labute approximate surface area is 98.2 Å². The molecule has 4 atom stereocenters. The molecular formula is C13H24O3. The minimum atomic E-state index is -0.564. The van der Waals surface area contributed by atoms with Gasteiger partial charge in [-0.2, -0.15) is 0 Å². The van der Waals surface area contributed by atoms with E-state index in [2.05, 4.69) is 20.8 Å². The van der Waals surface area contributed by atoms with Gasteiger partial charge in [0.05, 0.1) is 12.0 Å². The summed E-state index contributed by atoms with van der Waals surface area (Å²) in [6.07, 6.45) is 1.14. The summed E-state index contributed by atoms with van der Waals surface area (Å²) in [5.74, 6) is -0.611. The number of esters is 1. The molecule has 94 valence electrons. The largest absolute Gasteiger partial charge is 0.462 e. The Balaban J connectivity index is 2.57. The van der Waals surface area contributed by atoms with Gasteiger partial charge in [-0.3, -0.25) is 4.79 Å². The Kier molecular flexibility index (Phi) is 4.00. The van der Waals surface area contributed by atoms with E-state index < -0.39 is 6.10 Å². The van der Waals surface area contributed by atoms with E-state index in [1.165, 1.54) is 0 Å². The van der Waals surface area contributed by atoms with Crippen LogP contribution in [0.2, 0.25) is 0 Å². The molecule has 3 nitrogen and oxygen atoms in total. The predicted molar refractivity (Wildman–Crippen MR) is 62.9 cm³/mol. The lowest BCUT2D eigenvalue weighted by atomic mass is 9.81. The molecule has 0 aromatic heterocycles. The van der Waals surface area contributed by atoms with Crippen LogP contribution in [0.15, 0.2) is 0 Å². The Hall–Kier alpha value is -0.570. The molecule has 0 spiro atoms. The van der Waals surface area contributed by atoms with Crippen LogP contribution in [0.4, 0.5) is 0 Å². The highest BCUT2D eigenvalue weighted by molar-refractivity contribution is 5.73. The topological polar surface area (TPSA) is 46.5 Å². The minimum Gasteiger partial charge on any atom is -0.462 e. The molecule has 0 radical (unpaired) electrons. The van der Waals surface area contributed by atoms with Crippen molar-refractivity contribution in [3.63, 3.8) is 0 Å². The monoisotopic (exact) mass is 228 g/mol. The van der Waals surface area contributed by atoms with Crippen molar-refractivity contribution >= 4 is 5.97 Å². The van der Waals surface area contributed by atoms with Gasteiger partial charge < -0.3 is 9.84 Å². The fourth-order valence-corrected chi connectivity index (χ4v) is 2.08. The fraction of sp³-hybridized carbons (Fsp3) is 0.923. The zero-order valence-electron chi connectivity index (χ0n) is 11.0. The van der Waals surface area contributed by atoms with E-state index >= 15 is 0 Å². The van der Waals surface area contributed by atoms with Gasteiger partial charge in [-0.25, -0.2) is 0 Å². The van der Waals surface area contributed by atoms with Crippen molar-refractivity contribution in [2.24, 2.45) is 17.3 Å². The number of hydrogen-bond acceptors (Lipinski definition) is 3. The molecule has 0 aromatic carbocycles. The minimum absolute atomic E-state index is 0.0371. The molecule has 1 N–H and O–H groups in total. The number of aliphatic hydroxyl groups is 1. The van der Waals surface area contributed by atoms with Gasteiger partial charge in [-0.1, -0.05) is 27.7 Å². The average Bonchev–Trinajstić information content (AvgIpc) is 2.17. The number of aliphatic hydroxyl groups excluding tert-OH is 1. The Morgan fingerprint density at radius 2 is 1.88 bits per heavy atom. The molecular weight excluding hydrogens is 204 g/mol. The number of rotatable bonds is 2. The fourth-order valence-electron chi connectivity index (χ4n) is 2.08. The molecule has 2 unspecified atom stereocenters. The van der Waals surface area contributed by atoms with Crippen LogP contribution in [0.3, 0.4) is 0 Å². The third-order valence-corrected chi connectivity index (χ3v) is 3.46. The van der Waals surface area contributed by atoms with Crippen LogP contribution >= 0.6 is 0 Å². The molecule has 1 saturated heterocycles. The van der Waals surface area contributed by atoms with Crippen molar-refractivity contribution in [2.75, 3.05) is 0 Å². The normalized spacial score (nSPS) is 36.0. The molecule has 0 aromatic rings. The molecule has 1 rings (SSSR count). The first-order valence-corrected chi connectivity index (χ1v) is 6.11. The summed E-state index contributed by atoms with van der Waals surface area (Å²) in [7, 11) is 0. The van der Waals surface area contributed by atoms with Gasteiger partial charge in [0.15, 0.2) is 0 Å². The summed E-state index contributed by atoms with van der Waals surface area (Å²) < 4.78 is 5.38. The summed E-state index contributed by atoms with van der Waals surface area (Å²) in [5.41, 5.74) is 0.236. The second kappa shape index (κ2) is 4.74.